The molecule has 0 unspecified atom stereocenters. The molecule has 0 N–H and O–H groups in total. The molecule has 0 radical (unpaired) electrons. The van der Waals surface area contributed by atoms with Gasteiger partial charge in [0, 0.05) is 33.0 Å². The predicted octanol–water partition coefficient (Wildman–Crippen LogP) is 2.88. The number of piperidine rings is 1. The van der Waals surface area contributed by atoms with Crippen molar-refractivity contribution in [3.63, 3.8) is 0 Å². The van der Waals surface area contributed by atoms with E-state index in [9.17, 15) is 4.79 Å². The highest BCUT2D eigenvalue weighted by Crippen LogP contribution is 2.43. The van der Waals surface area contributed by atoms with E-state index in [0.717, 1.165) is 56.7 Å². The number of carbonyl (C=O) groups is 1. The number of carbonyl (C=O) groups excluding carboxylic acids is 1. The van der Waals surface area contributed by atoms with Crippen LogP contribution in [0.15, 0.2) is 24.3 Å². The SMILES string of the molecule is COCC1(C(=O)N2CCC(Oc3ccccc3OC)CC2)CCC1. The van der Waals surface area contributed by atoms with Gasteiger partial charge in [0.05, 0.1) is 19.1 Å². The van der Waals surface area contributed by atoms with E-state index < -0.39 is 0 Å². The summed E-state index contributed by atoms with van der Waals surface area (Å²) >= 11 is 0. The van der Waals surface area contributed by atoms with Gasteiger partial charge in [0.25, 0.3) is 0 Å². The second kappa shape index (κ2) is 7.43. The van der Waals surface area contributed by atoms with E-state index >= 15 is 0 Å². The van der Waals surface area contributed by atoms with Gasteiger partial charge in [-0.25, -0.2) is 0 Å². The molecule has 1 aliphatic heterocycles. The molecule has 0 aromatic heterocycles. The number of ether oxygens (including phenoxy) is 3. The maximum Gasteiger partial charge on any atom is 0.231 e. The lowest BCUT2D eigenvalue weighted by Crippen LogP contribution is -2.53. The van der Waals surface area contributed by atoms with Gasteiger partial charge >= 0.3 is 0 Å². The average Bonchev–Trinajstić information content (AvgIpc) is 2.59. The van der Waals surface area contributed by atoms with Crippen LogP contribution in [-0.2, 0) is 9.53 Å². The molecule has 0 bridgehead atoms. The zero-order valence-electron chi connectivity index (χ0n) is 14.6. The predicted molar refractivity (Wildman–Crippen MR) is 91.4 cm³/mol. The van der Waals surface area contributed by atoms with Gasteiger partial charge in [-0.3, -0.25) is 4.79 Å². The highest BCUT2D eigenvalue weighted by atomic mass is 16.5. The fourth-order valence-corrected chi connectivity index (χ4v) is 3.71. The topological polar surface area (TPSA) is 48.0 Å². The van der Waals surface area contributed by atoms with Crippen molar-refractivity contribution in [2.24, 2.45) is 5.41 Å². The first-order valence-corrected chi connectivity index (χ1v) is 8.76. The molecule has 1 amide bonds. The fourth-order valence-electron chi connectivity index (χ4n) is 3.71. The summed E-state index contributed by atoms with van der Waals surface area (Å²) in [6, 6.07) is 7.71. The maximum absolute atomic E-state index is 12.8. The van der Waals surface area contributed by atoms with Gasteiger partial charge in [0.15, 0.2) is 11.5 Å². The summed E-state index contributed by atoms with van der Waals surface area (Å²) in [4.78, 5) is 14.8. The number of para-hydroxylation sites is 2. The van der Waals surface area contributed by atoms with Crippen molar-refractivity contribution in [3.05, 3.63) is 24.3 Å². The molecular weight excluding hydrogens is 306 g/mol. The molecule has 1 heterocycles. The largest absolute Gasteiger partial charge is 0.493 e. The van der Waals surface area contributed by atoms with Crippen LogP contribution < -0.4 is 9.47 Å². The monoisotopic (exact) mass is 333 g/mol. The fraction of sp³-hybridized carbons (Fsp3) is 0.632. The van der Waals surface area contributed by atoms with Crippen LogP contribution in [0.2, 0.25) is 0 Å². The molecule has 24 heavy (non-hydrogen) atoms. The van der Waals surface area contributed by atoms with Crippen LogP contribution in [-0.4, -0.2) is 50.8 Å². The minimum Gasteiger partial charge on any atom is -0.493 e. The molecule has 5 nitrogen and oxygen atoms in total. The van der Waals surface area contributed by atoms with Gasteiger partial charge in [-0.15, -0.1) is 0 Å². The Balaban J connectivity index is 1.55. The van der Waals surface area contributed by atoms with Crippen molar-refractivity contribution < 1.29 is 19.0 Å². The third-order valence-corrected chi connectivity index (χ3v) is 5.28. The van der Waals surface area contributed by atoms with E-state index in [1.165, 1.54) is 0 Å². The first kappa shape index (κ1) is 17.1. The van der Waals surface area contributed by atoms with E-state index in [1.807, 2.05) is 29.2 Å². The number of nitrogens with zero attached hydrogens (tertiary/aromatic N) is 1. The summed E-state index contributed by atoms with van der Waals surface area (Å²) in [6.07, 6.45) is 4.88. The van der Waals surface area contributed by atoms with E-state index in [0.29, 0.717) is 6.61 Å². The molecule has 0 spiro atoms. The summed E-state index contributed by atoms with van der Waals surface area (Å²) in [6.45, 7) is 2.05. The number of hydrogen-bond donors (Lipinski definition) is 0. The van der Waals surface area contributed by atoms with Gasteiger partial charge in [-0.1, -0.05) is 18.6 Å². The van der Waals surface area contributed by atoms with Crippen LogP contribution in [0.5, 0.6) is 11.5 Å². The first-order chi connectivity index (χ1) is 11.7. The molecule has 1 saturated carbocycles. The molecule has 3 rings (SSSR count). The zero-order chi connectivity index (χ0) is 17.0. The second-order valence-electron chi connectivity index (χ2n) is 6.83. The lowest BCUT2D eigenvalue weighted by atomic mass is 9.68. The maximum atomic E-state index is 12.8. The normalized spacial score (nSPS) is 20.3. The molecule has 2 fully saturated rings. The minimum atomic E-state index is -0.259. The molecule has 2 aliphatic rings. The van der Waals surface area contributed by atoms with Crippen molar-refractivity contribution in [2.75, 3.05) is 33.9 Å². The number of benzene rings is 1. The quantitative estimate of drug-likeness (QED) is 0.803. The van der Waals surface area contributed by atoms with Crippen molar-refractivity contribution in [3.8, 4) is 11.5 Å². The van der Waals surface area contributed by atoms with E-state index in [4.69, 9.17) is 14.2 Å². The molecule has 132 valence electrons. The lowest BCUT2D eigenvalue weighted by molar-refractivity contribution is -0.154. The Bertz CT molecular complexity index is 562. The molecule has 0 atom stereocenters. The zero-order valence-corrected chi connectivity index (χ0v) is 14.6. The van der Waals surface area contributed by atoms with Crippen molar-refractivity contribution >= 4 is 5.91 Å². The number of methoxy groups -OCH3 is 2. The van der Waals surface area contributed by atoms with Crippen molar-refractivity contribution in [2.45, 2.75) is 38.2 Å². The Morgan fingerprint density at radius 1 is 1.17 bits per heavy atom. The molecule has 5 heteroatoms. The third kappa shape index (κ3) is 3.36. The lowest BCUT2D eigenvalue weighted by Gasteiger charge is -2.44. The summed E-state index contributed by atoms with van der Waals surface area (Å²) < 4.78 is 16.7. The first-order valence-electron chi connectivity index (χ1n) is 8.76. The summed E-state index contributed by atoms with van der Waals surface area (Å²) in [5, 5.41) is 0. The van der Waals surface area contributed by atoms with Crippen LogP contribution >= 0.6 is 0 Å². The van der Waals surface area contributed by atoms with Crippen LogP contribution in [0.3, 0.4) is 0 Å². The number of amides is 1. The van der Waals surface area contributed by atoms with E-state index in [2.05, 4.69) is 0 Å². The second-order valence-corrected chi connectivity index (χ2v) is 6.83. The average molecular weight is 333 g/mol. The smallest absolute Gasteiger partial charge is 0.231 e. The Labute approximate surface area is 143 Å². The van der Waals surface area contributed by atoms with Crippen molar-refractivity contribution in [1.82, 2.24) is 4.90 Å². The van der Waals surface area contributed by atoms with Gasteiger partial charge in [0.2, 0.25) is 5.91 Å². The Hall–Kier alpha value is -1.75. The standard InChI is InChI=1S/C19H27NO4/c1-22-14-19(10-5-11-19)18(21)20-12-8-15(9-13-20)24-17-7-4-3-6-16(17)23-2/h3-4,6-7,15H,5,8-14H2,1-2H3. The summed E-state index contributed by atoms with van der Waals surface area (Å²) in [7, 11) is 3.33. The van der Waals surface area contributed by atoms with E-state index in [-0.39, 0.29) is 17.4 Å². The molecule has 1 saturated heterocycles. The molecule has 1 aromatic carbocycles. The molecule has 1 aromatic rings. The van der Waals surface area contributed by atoms with Crippen LogP contribution in [0.4, 0.5) is 0 Å². The van der Waals surface area contributed by atoms with Crippen LogP contribution in [0.25, 0.3) is 0 Å². The van der Waals surface area contributed by atoms with Gasteiger partial charge in [0.1, 0.15) is 6.10 Å². The van der Waals surface area contributed by atoms with Crippen LogP contribution in [0, 0.1) is 5.41 Å². The van der Waals surface area contributed by atoms with Gasteiger partial charge in [-0.05, 0) is 25.0 Å². The Kier molecular flexibility index (Phi) is 5.29. The van der Waals surface area contributed by atoms with Gasteiger partial charge in [-0.2, -0.15) is 0 Å². The highest BCUT2D eigenvalue weighted by molar-refractivity contribution is 5.84. The highest BCUT2D eigenvalue weighted by Gasteiger charge is 2.46. The number of hydrogen-bond acceptors (Lipinski definition) is 4. The third-order valence-electron chi connectivity index (χ3n) is 5.28. The number of rotatable bonds is 6. The Morgan fingerprint density at radius 2 is 1.83 bits per heavy atom. The van der Waals surface area contributed by atoms with Crippen LogP contribution in [0.1, 0.15) is 32.1 Å². The molecule has 1 aliphatic carbocycles. The van der Waals surface area contributed by atoms with Crippen molar-refractivity contribution in [1.29, 1.82) is 0 Å². The minimum absolute atomic E-state index is 0.130. The Morgan fingerprint density at radius 3 is 2.38 bits per heavy atom. The summed E-state index contributed by atoms with van der Waals surface area (Å²) in [5.41, 5.74) is -0.259. The van der Waals surface area contributed by atoms with Gasteiger partial charge < -0.3 is 19.1 Å². The molecular formula is C19H27NO4. The number of likely N-dealkylation sites (tertiary alicyclic amines) is 1. The van der Waals surface area contributed by atoms with E-state index in [1.54, 1.807) is 14.2 Å². The summed E-state index contributed by atoms with van der Waals surface area (Å²) in [5.74, 6) is 1.80.